The maximum absolute atomic E-state index is 13.1. The molecule has 0 unspecified atom stereocenters. The number of carbonyl (C=O) groups is 1. The monoisotopic (exact) mass is 458 g/mol. The summed E-state index contributed by atoms with van der Waals surface area (Å²) in [7, 11) is 0. The number of fused-ring (bicyclic) bond motifs is 2. The number of amides is 1. The number of hydrogen-bond acceptors (Lipinski definition) is 5. The first-order chi connectivity index (χ1) is 16.5. The van der Waals surface area contributed by atoms with Crippen molar-refractivity contribution in [2.24, 2.45) is 5.92 Å². The summed E-state index contributed by atoms with van der Waals surface area (Å²) in [6.45, 7) is 6.33. The number of carbonyl (C=O) groups excluding carboxylic acids is 1. The molecule has 1 aliphatic rings. The van der Waals surface area contributed by atoms with Gasteiger partial charge in [-0.05, 0) is 62.9 Å². The second kappa shape index (κ2) is 9.29. The highest BCUT2D eigenvalue weighted by atomic mass is 16.2. The molecule has 0 radical (unpaired) electrons. The molecule has 1 atom stereocenters. The van der Waals surface area contributed by atoms with Crippen LogP contribution in [0.2, 0.25) is 0 Å². The molecule has 0 bridgehead atoms. The summed E-state index contributed by atoms with van der Waals surface area (Å²) in [5, 5.41) is 4.33. The van der Waals surface area contributed by atoms with Crippen LogP contribution in [0.5, 0.6) is 0 Å². The third-order valence-corrected chi connectivity index (χ3v) is 6.71. The van der Waals surface area contributed by atoms with Gasteiger partial charge >= 0.3 is 0 Å². The van der Waals surface area contributed by atoms with Crippen LogP contribution >= 0.6 is 0 Å². The van der Waals surface area contributed by atoms with Gasteiger partial charge in [-0.15, -0.1) is 0 Å². The van der Waals surface area contributed by atoms with Gasteiger partial charge in [0.2, 0.25) is 5.91 Å². The Kier molecular flexibility index (Phi) is 6.04. The summed E-state index contributed by atoms with van der Waals surface area (Å²) < 4.78 is 1.66. The van der Waals surface area contributed by atoms with Gasteiger partial charge in [-0.25, -0.2) is 9.97 Å². The molecule has 2 N–H and O–H groups in total. The molecule has 5 rings (SSSR count). The van der Waals surface area contributed by atoms with Crippen LogP contribution in [0.4, 0.5) is 5.82 Å². The molecule has 1 aliphatic heterocycles. The molecule has 0 saturated carbocycles. The van der Waals surface area contributed by atoms with Gasteiger partial charge in [0.25, 0.3) is 5.56 Å². The summed E-state index contributed by atoms with van der Waals surface area (Å²) in [5.41, 5.74) is 4.69. The maximum atomic E-state index is 13.1. The first-order valence-electron chi connectivity index (χ1n) is 12.0. The minimum atomic E-state index is -0.167. The first kappa shape index (κ1) is 22.1. The number of hydrogen-bond donors (Lipinski definition) is 2. The number of rotatable bonds is 6. The van der Waals surface area contributed by atoms with Crippen LogP contribution in [0.25, 0.3) is 22.1 Å². The highest BCUT2D eigenvalue weighted by Gasteiger charge is 2.28. The third-order valence-electron chi connectivity index (χ3n) is 6.71. The first-order valence-corrected chi connectivity index (χ1v) is 12.0. The van der Waals surface area contributed by atoms with E-state index in [1.54, 1.807) is 10.8 Å². The Morgan fingerprint density at radius 1 is 1.29 bits per heavy atom. The van der Waals surface area contributed by atoms with Crippen molar-refractivity contribution in [3.63, 3.8) is 0 Å². The van der Waals surface area contributed by atoms with Crippen molar-refractivity contribution < 1.29 is 4.79 Å². The Balaban J connectivity index is 1.27. The number of pyridine rings is 1. The number of nitrogens with zero attached hydrogens (tertiary/aromatic N) is 4. The van der Waals surface area contributed by atoms with E-state index in [9.17, 15) is 9.59 Å². The lowest BCUT2D eigenvalue weighted by atomic mass is 9.97. The van der Waals surface area contributed by atoms with Crippen LogP contribution in [-0.2, 0) is 17.8 Å². The van der Waals surface area contributed by atoms with E-state index in [4.69, 9.17) is 0 Å². The van der Waals surface area contributed by atoms with Crippen molar-refractivity contribution in [2.75, 3.05) is 24.5 Å². The SMILES string of the molecule is CCn1c(=O)c(N2CCC[C@H](C(=O)NCCc3c[nH]c4ccc(C)cc34)C2)nc2cccnc21. The van der Waals surface area contributed by atoms with E-state index < -0.39 is 0 Å². The zero-order valence-corrected chi connectivity index (χ0v) is 19.7. The molecule has 1 aromatic carbocycles. The Bertz CT molecular complexity index is 1410. The summed E-state index contributed by atoms with van der Waals surface area (Å²) >= 11 is 0. The molecule has 8 heteroatoms. The second-order valence-electron chi connectivity index (χ2n) is 9.02. The normalized spacial score (nSPS) is 16.3. The average Bonchev–Trinajstić information content (AvgIpc) is 3.25. The molecule has 1 amide bonds. The zero-order chi connectivity index (χ0) is 23.7. The van der Waals surface area contributed by atoms with Gasteiger partial charge < -0.3 is 15.2 Å². The fourth-order valence-corrected chi connectivity index (χ4v) is 4.91. The molecule has 3 aromatic heterocycles. The van der Waals surface area contributed by atoms with Gasteiger partial charge in [0.15, 0.2) is 11.5 Å². The molecule has 1 fully saturated rings. The zero-order valence-electron chi connectivity index (χ0n) is 19.7. The molecule has 8 nitrogen and oxygen atoms in total. The Labute approximate surface area is 198 Å². The van der Waals surface area contributed by atoms with E-state index in [-0.39, 0.29) is 17.4 Å². The molecule has 4 heterocycles. The van der Waals surface area contributed by atoms with E-state index in [1.165, 1.54) is 16.5 Å². The maximum Gasteiger partial charge on any atom is 0.295 e. The minimum absolute atomic E-state index is 0.0407. The van der Waals surface area contributed by atoms with Gasteiger partial charge in [-0.2, -0.15) is 0 Å². The number of benzene rings is 1. The van der Waals surface area contributed by atoms with Crippen LogP contribution in [0.15, 0.2) is 47.5 Å². The molecule has 4 aromatic rings. The topological polar surface area (TPSA) is 95.9 Å². The number of aryl methyl sites for hydroxylation is 2. The summed E-state index contributed by atoms with van der Waals surface area (Å²) in [5.74, 6) is 0.285. The lowest BCUT2D eigenvalue weighted by molar-refractivity contribution is -0.125. The molecular weight excluding hydrogens is 428 g/mol. The molecule has 0 spiro atoms. The number of aromatic nitrogens is 4. The number of aromatic amines is 1. The van der Waals surface area contributed by atoms with E-state index in [2.05, 4.69) is 45.4 Å². The Hall–Kier alpha value is -3.68. The third kappa shape index (κ3) is 4.16. The van der Waals surface area contributed by atoms with Crippen LogP contribution < -0.4 is 15.8 Å². The molecular formula is C26H30N6O2. The van der Waals surface area contributed by atoms with Crippen molar-refractivity contribution in [2.45, 2.75) is 39.7 Å². The van der Waals surface area contributed by atoms with Crippen LogP contribution in [0.1, 0.15) is 30.9 Å². The second-order valence-corrected chi connectivity index (χ2v) is 9.02. The van der Waals surface area contributed by atoms with Gasteiger partial charge in [0.05, 0.1) is 5.92 Å². The molecule has 176 valence electrons. The van der Waals surface area contributed by atoms with E-state index in [1.807, 2.05) is 30.2 Å². The highest BCUT2D eigenvalue weighted by molar-refractivity contribution is 5.84. The summed E-state index contributed by atoms with van der Waals surface area (Å²) in [6.07, 6.45) is 6.13. The fourth-order valence-electron chi connectivity index (χ4n) is 4.91. The largest absolute Gasteiger partial charge is 0.361 e. The van der Waals surface area contributed by atoms with E-state index in [0.29, 0.717) is 36.6 Å². The standard InChI is InChI=1S/C26H30N6O2/c1-3-32-23-22(7-4-11-27-23)30-24(26(32)34)31-13-5-6-19(16-31)25(33)28-12-10-18-15-29-21-9-8-17(2)14-20(18)21/h4,7-9,11,14-15,19,29H,3,5-6,10,12-13,16H2,1-2H3,(H,28,33)/t19-/m0/s1. The van der Waals surface area contributed by atoms with Crippen molar-refractivity contribution in [1.82, 2.24) is 24.8 Å². The fraction of sp³-hybridized carbons (Fsp3) is 0.385. The van der Waals surface area contributed by atoms with Crippen LogP contribution in [0, 0.1) is 12.8 Å². The number of nitrogens with one attached hydrogen (secondary N) is 2. The van der Waals surface area contributed by atoms with Crippen molar-refractivity contribution in [3.05, 3.63) is 64.2 Å². The van der Waals surface area contributed by atoms with Gasteiger partial charge in [0.1, 0.15) is 5.52 Å². The van der Waals surface area contributed by atoms with Gasteiger partial charge in [-0.1, -0.05) is 11.6 Å². The molecule has 34 heavy (non-hydrogen) atoms. The summed E-state index contributed by atoms with van der Waals surface area (Å²) in [6, 6.07) is 10.1. The number of H-pyrrole nitrogens is 1. The number of piperidine rings is 1. The lowest BCUT2D eigenvalue weighted by Crippen LogP contribution is -2.46. The van der Waals surface area contributed by atoms with Crippen LogP contribution in [0.3, 0.4) is 0 Å². The highest BCUT2D eigenvalue weighted by Crippen LogP contribution is 2.22. The molecule has 0 aliphatic carbocycles. The van der Waals surface area contributed by atoms with Crippen LogP contribution in [-0.4, -0.2) is 45.1 Å². The summed E-state index contributed by atoms with van der Waals surface area (Å²) in [4.78, 5) is 40.4. The van der Waals surface area contributed by atoms with Crippen molar-refractivity contribution in [3.8, 4) is 0 Å². The van der Waals surface area contributed by atoms with Crippen molar-refractivity contribution in [1.29, 1.82) is 0 Å². The smallest absolute Gasteiger partial charge is 0.295 e. The Morgan fingerprint density at radius 2 is 2.18 bits per heavy atom. The lowest BCUT2D eigenvalue weighted by Gasteiger charge is -2.32. The minimum Gasteiger partial charge on any atom is -0.361 e. The average molecular weight is 459 g/mol. The van der Waals surface area contributed by atoms with Gasteiger partial charge in [-0.3, -0.25) is 14.2 Å². The number of anilines is 1. The van der Waals surface area contributed by atoms with E-state index >= 15 is 0 Å². The Morgan fingerprint density at radius 3 is 3.03 bits per heavy atom. The van der Waals surface area contributed by atoms with Gasteiger partial charge in [0, 0.05) is 49.5 Å². The molecule has 1 saturated heterocycles. The quantitative estimate of drug-likeness (QED) is 0.463. The van der Waals surface area contributed by atoms with E-state index in [0.717, 1.165) is 31.3 Å². The predicted octanol–water partition coefficient (Wildman–Crippen LogP) is 3.18. The van der Waals surface area contributed by atoms with Crippen molar-refractivity contribution >= 4 is 33.8 Å². The predicted molar refractivity (Wildman–Crippen MR) is 134 cm³/mol.